The Kier molecular flexibility index (Phi) is 4.56. The van der Waals surface area contributed by atoms with Crippen molar-refractivity contribution in [1.29, 1.82) is 0 Å². The SMILES string of the molecule is O=C(NCc1ccccc1CN1CCC(O)CC1)C1CC1. The van der Waals surface area contributed by atoms with Gasteiger partial charge in [0.15, 0.2) is 0 Å². The van der Waals surface area contributed by atoms with E-state index in [1.54, 1.807) is 0 Å². The number of nitrogens with zero attached hydrogens (tertiary/aromatic N) is 1. The maximum absolute atomic E-state index is 11.8. The van der Waals surface area contributed by atoms with Gasteiger partial charge in [-0.15, -0.1) is 0 Å². The van der Waals surface area contributed by atoms with E-state index in [1.165, 1.54) is 11.1 Å². The summed E-state index contributed by atoms with van der Waals surface area (Å²) in [7, 11) is 0. The molecule has 1 aromatic rings. The Morgan fingerprint density at radius 2 is 1.81 bits per heavy atom. The zero-order valence-electron chi connectivity index (χ0n) is 12.4. The molecule has 21 heavy (non-hydrogen) atoms. The molecule has 0 bridgehead atoms. The van der Waals surface area contributed by atoms with E-state index in [9.17, 15) is 9.90 Å². The molecule has 2 fully saturated rings. The molecular formula is C17H24N2O2. The maximum atomic E-state index is 11.8. The molecule has 3 rings (SSSR count). The van der Waals surface area contributed by atoms with E-state index in [0.29, 0.717) is 6.54 Å². The second kappa shape index (κ2) is 6.58. The van der Waals surface area contributed by atoms with Crippen molar-refractivity contribution >= 4 is 5.91 Å². The highest BCUT2D eigenvalue weighted by atomic mass is 16.3. The van der Waals surface area contributed by atoms with Gasteiger partial charge in [0.2, 0.25) is 5.91 Å². The number of carbonyl (C=O) groups is 1. The first-order valence-electron chi connectivity index (χ1n) is 7.97. The van der Waals surface area contributed by atoms with Crippen molar-refractivity contribution in [2.24, 2.45) is 5.92 Å². The predicted molar refractivity (Wildman–Crippen MR) is 81.5 cm³/mol. The van der Waals surface area contributed by atoms with Crippen LogP contribution in [0.15, 0.2) is 24.3 Å². The van der Waals surface area contributed by atoms with Crippen molar-refractivity contribution < 1.29 is 9.90 Å². The predicted octanol–water partition coefficient (Wildman–Crippen LogP) is 1.67. The van der Waals surface area contributed by atoms with Crippen LogP contribution in [0.3, 0.4) is 0 Å². The highest BCUT2D eigenvalue weighted by Gasteiger charge is 2.29. The number of piperidine rings is 1. The first kappa shape index (κ1) is 14.5. The molecule has 114 valence electrons. The number of hydrogen-bond acceptors (Lipinski definition) is 3. The number of rotatable bonds is 5. The summed E-state index contributed by atoms with van der Waals surface area (Å²) in [6.07, 6.45) is 3.68. The Morgan fingerprint density at radius 3 is 2.48 bits per heavy atom. The van der Waals surface area contributed by atoms with Gasteiger partial charge < -0.3 is 10.4 Å². The average molecular weight is 288 g/mol. The Bertz CT molecular complexity index is 491. The molecule has 2 N–H and O–H groups in total. The second-order valence-corrected chi connectivity index (χ2v) is 6.27. The van der Waals surface area contributed by atoms with Gasteiger partial charge in [0.1, 0.15) is 0 Å². The summed E-state index contributed by atoms with van der Waals surface area (Å²) in [5, 5.41) is 12.6. The van der Waals surface area contributed by atoms with E-state index in [4.69, 9.17) is 0 Å². The summed E-state index contributed by atoms with van der Waals surface area (Å²) in [5.74, 6) is 0.464. The molecule has 1 amide bonds. The summed E-state index contributed by atoms with van der Waals surface area (Å²) in [6.45, 7) is 3.43. The summed E-state index contributed by atoms with van der Waals surface area (Å²) >= 11 is 0. The van der Waals surface area contributed by atoms with Gasteiger partial charge in [0.25, 0.3) is 0 Å². The second-order valence-electron chi connectivity index (χ2n) is 6.27. The van der Waals surface area contributed by atoms with Crippen LogP contribution in [0.5, 0.6) is 0 Å². The average Bonchev–Trinajstić information content (AvgIpc) is 3.33. The number of aliphatic hydroxyl groups excluding tert-OH is 1. The van der Waals surface area contributed by atoms with Crippen molar-refractivity contribution in [3.05, 3.63) is 35.4 Å². The molecule has 2 aliphatic rings. The molecule has 1 aliphatic carbocycles. The largest absolute Gasteiger partial charge is 0.393 e. The molecule has 0 atom stereocenters. The van der Waals surface area contributed by atoms with Crippen molar-refractivity contribution in [1.82, 2.24) is 10.2 Å². The number of carbonyl (C=O) groups excluding carboxylic acids is 1. The van der Waals surface area contributed by atoms with Gasteiger partial charge in [-0.2, -0.15) is 0 Å². The molecule has 1 saturated carbocycles. The molecule has 1 aliphatic heterocycles. The third-order valence-electron chi connectivity index (χ3n) is 4.47. The van der Waals surface area contributed by atoms with Crippen LogP contribution < -0.4 is 5.32 Å². The van der Waals surface area contributed by atoms with Crippen LogP contribution in [0, 0.1) is 5.92 Å². The fourth-order valence-electron chi connectivity index (χ4n) is 2.87. The first-order chi connectivity index (χ1) is 10.2. The van der Waals surface area contributed by atoms with Crippen LogP contribution in [0.2, 0.25) is 0 Å². The molecule has 0 radical (unpaired) electrons. The third kappa shape index (κ3) is 4.05. The molecule has 0 spiro atoms. The zero-order chi connectivity index (χ0) is 14.7. The third-order valence-corrected chi connectivity index (χ3v) is 4.47. The number of likely N-dealkylation sites (tertiary alicyclic amines) is 1. The van der Waals surface area contributed by atoms with Crippen LogP contribution in [0.4, 0.5) is 0 Å². The van der Waals surface area contributed by atoms with E-state index < -0.39 is 0 Å². The highest BCUT2D eigenvalue weighted by Crippen LogP contribution is 2.28. The Morgan fingerprint density at radius 1 is 1.14 bits per heavy atom. The van der Waals surface area contributed by atoms with Crippen LogP contribution in [-0.4, -0.2) is 35.1 Å². The number of hydrogen-bond donors (Lipinski definition) is 2. The number of amides is 1. The summed E-state index contributed by atoms with van der Waals surface area (Å²) in [5.41, 5.74) is 2.49. The Labute approximate surface area is 126 Å². The zero-order valence-corrected chi connectivity index (χ0v) is 12.4. The number of aliphatic hydroxyl groups is 1. The van der Waals surface area contributed by atoms with Gasteiger partial charge in [-0.25, -0.2) is 0 Å². The van der Waals surface area contributed by atoms with E-state index in [-0.39, 0.29) is 17.9 Å². The minimum atomic E-state index is -0.130. The van der Waals surface area contributed by atoms with Gasteiger partial charge in [-0.1, -0.05) is 24.3 Å². The summed E-state index contributed by atoms with van der Waals surface area (Å²) < 4.78 is 0. The molecule has 4 nitrogen and oxygen atoms in total. The Hall–Kier alpha value is -1.39. The monoisotopic (exact) mass is 288 g/mol. The minimum absolute atomic E-state index is 0.130. The normalized spacial score (nSPS) is 20.4. The van der Waals surface area contributed by atoms with Gasteiger partial charge >= 0.3 is 0 Å². The van der Waals surface area contributed by atoms with E-state index >= 15 is 0 Å². The van der Waals surface area contributed by atoms with Crippen molar-refractivity contribution in [3.8, 4) is 0 Å². The van der Waals surface area contributed by atoms with Gasteiger partial charge in [0, 0.05) is 32.1 Å². The fraction of sp³-hybridized carbons (Fsp3) is 0.588. The van der Waals surface area contributed by atoms with Crippen molar-refractivity contribution in [2.75, 3.05) is 13.1 Å². The quantitative estimate of drug-likeness (QED) is 0.866. The van der Waals surface area contributed by atoms with Gasteiger partial charge in [0.05, 0.1) is 6.10 Å². The topological polar surface area (TPSA) is 52.6 Å². The van der Waals surface area contributed by atoms with E-state index in [1.807, 2.05) is 6.07 Å². The van der Waals surface area contributed by atoms with E-state index in [2.05, 4.69) is 28.4 Å². The maximum Gasteiger partial charge on any atom is 0.223 e. The summed E-state index contributed by atoms with van der Waals surface area (Å²) in [6, 6.07) is 8.33. The van der Waals surface area contributed by atoms with Crippen LogP contribution in [0.1, 0.15) is 36.8 Å². The van der Waals surface area contributed by atoms with Crippen LogP contribution in [-0.2, 0) is 17.9 Å². The summed E-state index contributed by atoms with van der Waals surface area (Å²) in [4.78, 5) is 14.1. The molecule has 1 aromatic carbocycles. The van der Waals surface area contributed by atoms with Crippen molar-refractivity contribution in [3.63, 3.8) is 0 Å². The Balaban J connectivity index is 1.57. The minimum Gasteiger partial charge on any atom is -0.393 e. The number of nitrogens with one attached hydrogen (secondary N) is 1. The molecule has 1 saturated heterocycles. The molecular weight excluding hydrogens is 264 g/mol. The van der Waals surface area contributed by atoms with Gasteiger partial charge in [-0.3, -0.25) is 9.69 Å². The molecule has 0 unspecified atom stereocenters. The smallest absolute Gasteiger partial charge is 0.223 e. The van der Waals surface area contributed by atoms with Crippen molar-refractivity contribution in [2.45, 2.75) is 44.9 Å². The standard InChI is InChI=1S/C17H24N2O2/c20-16-7-9-19(10-8-16)12-15-4-2-1-3-14(15)11-18-17(21)13-5-6-13/h1-4,13,16,20H,5-12H2,(H,18,21). The van der Waals surface area contributed by atoms with Crippen LogP contribution in [0.25, 0.3) is 0 Å². The lowest BCUT2D eigenvalue weighted by Crippen LogP contribution is -2.35. The lowest BCUT2D eigenvalue weighted by Gasteiger charge is -2.30. The molecule has 4 heteroatoms. The lowest BCUT2D eigenvalue weighted by molar-refractivity contribution is -0.122. The molecule has 0 aromatic heterocycles. The molecule has 1 heterocycles. The highest BCUT2D eigenvalue weighted by molar-refractivity contribution is 5.80. The van der Waals surface area contributed by atoms with E-state index in [0.717, 1.165) is 45.3 Å². The first-order valence-corrected chi connectivity index (χ1v) is 7.97. The van der Waals surface area contributed by atoms with Gasteiger partial charge in [-0.05, 0) is 36.8 Å². The number of benzene rings is 1. The fourth-order valence-corrected chi connectivity index (χ4v) is 2.87. The van der Waals surface area contributed by atoms with Crippen LogP contribution >= 0.6 is 0 Å². The lowest BCUT2D eigenvalue weighted by atomic mass is 10.0.